The van der Waals surface area contributed by atoms with Gasteiger partial charge < -0.3 is 14.4 Å². The molecule has 0 bridgehead atoms. The van der Waals surface area contributed by atoms with Crippen LogP contribution in [0.2, 0.25) is 0 Å². The summed E-state index contributed by atoms with van der Waals surface area (Å²) in [6.45, 7) is 3.83. The molecule has 2 aliphatic rings. The van der Waals surface area contributed by atoms with E-state index in [0.717, 1.165) is 49.7 Å². The molecular weight excluding hydrogens is 318 g/mol. The van der Waals surface area contributed by atoms with E-state index in [4.69, 9.17) is 9.26 Å². The van der Waals surface area contributed by atoms with Gasteiger partial charge in [0.25, 0.3) is 0 Å². The molecule has 6 nitrogen and oxygen atoms in total. The molecule has 4 rings (SSSR count). The van der Waals surface area contributed by atoms with Gasteiger partial charge in [0.05, 0.1) is 6.04 Å². The first-order valence-electron chi connectivity index (χ1n) is 9.14. The number of β-amino-alcohol motifs (C(OH)–C–C–N with tert-alkyl or cyclic N) is 1. The Morgan fingerprint density at radius 2 is 2.08 bits per heavy atom. The lowest BCUT2D eigenvalue weighted by molar-refractivity contribution is 0.0623. The number of aliphatic hydroxyl groups is 1. The van der Waals surface area contributed by atoms with Crippen LogP contribution < -0.4 is 4.74 Å². The van der Waals surface area contributed by atoms with Crippen molar-refractivity contribution in [3.05, 3.63) is 41.5 Å². The number of ether oxygens (including phenoxy) is 1. The zero-order valence-electron chi connectivity index (χ0n) is 14.6. The molecule has 2 atom stereocenters. The predicted octanol–water partition coefficient (Wildman–Crippen LogP) is 2.83. The van der Waals surface area contributed by atoms with Crippen molar-refractivity contribution in [1.82, 2.24) is 15.0 Å². The number of aromatic nitrogens is 2. The highest BCUT2D eigenvalue weighted by Gasteiger charge is 2.34. The molecule has 25 heavy (non-hydrogen) atoms. The summed E-state index contributed by atoms with van der Waals surface area (Å²) in [4.78, 5) is 6.82. The van der Waals surface area contributed by atoms with Crippen LogP contribution in [0.4, 0.5) is 0 Å². The molecule has 1 aliphatic heterocycles. The Bertz CT molecular complexity index is 696. The molecule has 1 aromatic heterocycles. The van der Waals surface area contributed by atoms with Crippen molar-refractivity contribution < 1.29 is 14.4 Å². The van der Waals surface area contributed by atoms with Crippen molar-refractivity contribution >= 4 is 0 Å². The van der Waals surface area contributed by atoms with Gasteiger partial charge >= 0.3 is 0 Å². The van der Waals surface area contributed by atoms with E-state index in [-0.39, 0.29) is 12.6 Å². The summed E-state index contributed by atoms with van der Waals surface area (Å²) in [5.74, 6) is 2.82. The number of hydrogen-bond acceptors (Lipinski definition) is 6. The van der Waals surface area contributed by atoms with E-state index in [1.54, 1.807) is 0 Å². The van der Waals surface area contributed by atoms with Crippen LogP contribution in [0, 0.1) is 6.92 Å². The van der Waals surface area contributed by atoms with Gasteiger partial charge in [0.1, 0.15) is 18.5 Å². The van der Waals surface area contributed by atoms with Crippen molar-refractivity contribution in [2.45, 2.75) is 50.7 Å². The molecule has 0 unspecified atom stereocenters. The summed E-state index contributed by atoms with van der Waals surface area (Å²) < 4.78 is 11.1. The first kappa shape index (κ1) is 16.5. The molecule has 2 fully saturated rings. The first-order chi connectivity index (χ1) is 12.2. The zero-order chi connectivity index (χ0) is 17.2. The van der Waals surface area contributed by atoms with Crippen LogP contribution in [0.1, 0.15) is 54.9 Å². The number of aryl methyl sites for hydroxylation is 1. The molecule has 0 amide bonds. The lowest BCUT2D eigenvalue weighted by Crippen LogP contribution is -2.35. The second-order valence-corrected chi connectivity index (χ2v) is 7.20. The minimum atomic E-state index is -0.545. The molecule has 1 saturated carbocycles. The third-order valence-electron chi connectivity index (χ3n) is 4.95. The topological polar surface area (TPSA) is 71.6 Å². The van der Waals surface area contributed by atoms with Crippen LogP contribution in [-0.2, 0) is 0 Å². The van der Waals surface area contributed by atoms with Crippen molar-refractivity contribution in [3.63, 3.8) is 0 Å². The van der Waals surface area contributed by atoms with Crippen LogP contribution in [0.3, 0.4) is 0 Å². The largest absolute Gasteiger partial charge is 0.491 e. The molecule has 1 aliphatic carbocycles. The number of benzene rings is 1. The first-order valence-corrected chi connectivity index (χ1v) is 9.14. The summed E-state index contributed by atoms with van der Waals surface area (Å²) in [5, 5.41) is 14.5. The van der Waals surface area contributed by atoms with Gasteiger partial charge in [-0.15, -0.1) is 0 Å². The van der Waals surface area contributed by atoms with Gasteiger partial charge in [-0.3, -0.25) is 4.90 Å². The second-order valence-electron chi connectivity index (χ2n) is 7.20. The minimum absolute atomic E-state index is 0.144. The van der Waals surface area contributed by atoms with Gasteiger partial charge in [0.2, 0.25) is 5.89 Å². The highest BCUT2D eigenvalue weighted by atomic mass is 16.5. The molecule has 1 N–H and O–H groups in total. The summed E-state index contributed by atoms with van der Waals surface area (Å²) in [7, 11) is 0. The second kappa shape index (κ2) is 7.14. The van der Waals surface area contributed by atoms with Crippen molar-refractivity contribution in [2.75, 3.05) is 19.7 Å². The van der Waals surface area contributed by atoms with E-state index in [1.807, 2.05) is 31.2 Å². The fourth-order valence-electron chi connectivity index (χ4n) is 3.37. The Kier molecular flexibility index (Phi) is 4.72. The van der Waals surface area contributed by atoms with Gasteiger partial charge in [-0.2, -0.15) is 4.98 Å². The van der Waals surface area contributed by atoms with Gasteiger partial charge in [-0.25, -0.2) is 0 Å². The van der Waals surface area contributed by atoms with E-state index in [9.17, 15) is 5.11 Å². The molecule has 2 aromatic rings. The number of nitrogens with zero attached hydrogens (tertiary/aromatic N) is 3. The maximum Gasteiger partial charge on any atom is 0.229 e. The smallest absolute Gasteiger partial charge is 0.229 e. The van der Waals surface area contributed by atoms with Crippen LogP contribution >= 0.6 is 0 Å². The van der Waals surface area contributed by atoms with E-state index in [0.29, 0.717) is 12.5 Å². The molecule has 1 saturated heterocycles. The monoisotopic (exact) mass is 343 g/mol. The Morgan fingerprint density at radius 1 is 1.28 bits per heavy atom. The fourth-order valence-corrected chi connectivity index (χ4v) is 3.37. The van der Waals surface area contributed by atoms with Crippen molar-refractivity contribution in [1.29, 1.82) is 0 Å². The van der Waals surface area contributed by atoms with Gasteiger partial charge in [-0.1, -0.05) is 22.9 Å². The van der Waals surface area contributed by atoms with Gasteiger partial charge in [0, 0.05) is 12.5 Å². The van der Waals surface area contributed by atoms with Crippen LogP contribution in [0.15, 0.2) is 28.8 Å². The maximum absolute atomic E-state index is 10.4. The predicted molar refractivity (Wildman–Crippen MR) is 92.5 cm³/mol. The van der Waals surface area contributed by atoms with Crippen LogP contribution in [-0.4, -0.2) is 45.9 Å². The lowest BCUT2D eigenvalue weighted by atomic mass is 10.2. The van der Waals surface area contributed by atoms with E-state index < -0.39 is 6.10 Å². The van der Waals surface area contributed by atoms with Gasteiger partial charge in [0.15, 0.2) is 5.82 Å². The van der Waals surface area contributed by atoms with Crippen LogP contribution in [0.5, 0.6) is 5.75 Å². The summed E-state index contributed by atoms with van der Waals surface area (Å²) in [6.07, 6.45) is 3.87. The molecule has 2 heterocycles. The Balaban J connectivity index is 1.31. The molecule has 0 spiro atoms. The quantitative estimate of drug-likeness (QED) is 0.833. The number of hydrogen-bond donors (Lipinski definition) is 1. The van der Waals surface area contributed by atoms with Gasteiger partial charge in [-0.05, 0) is 51.3 Å². The van der Waals surface area contributed by atoms with Crippen LogP contribution in [0.25, 0.3) is 0 Å². The van der Waals surface area contributed by atoms with E-state index >= 15 is 0 Å². The van der Waals surface area contributed by atoms with Crippen molar-refractivity contribution in [3.8, 4) is 5.75 Å². The molecule has 6 heteroatoms. The SMILES string of the molecule is Cc1ccc(OC[C@@H](O)CN2CCC[C@@H]2c2noc(C3CC3)n2)cc1. The third-order valence-corrected chi connectivity index (χ3v) is 4.95. The molecule has 0 radical (unpaired) electrons. The summed E-state index contributed by atoms with van der Waals surface area (Å²) >= 11 is 0. The highest BCUT2D eigenvalue weighted by molar-refractivity contribution is 5.26. The highest BCUT2D eigenvalue weighted by Crippen LogP contribution is 2.40. The molecular formula is C19H25N3O3. The standard InChI is InChI=1S/C19H25N3O3/c1-13-4-8-16(9-5-13)24-12-15(23)11-22-10-2-3-17(22)18-20-19(25-21-18)14-6-7-14/h4-5,8-9,14-15,17,23H,2-3,6-7,10-12H2,1H3/t15-,17+/m0/s1. The van der Waals surface area contributed by atoms with E-state index in [1.165, 1.54) is 5.56 Å². The number of rotatable bonds is 7. The third kappa shape index (κ3) is 4.02. The minimum Gasteiger partial charge on any atom is -0.491 e. The Morgan fingerprint density at radius 3 is 2.84 bits per heavy atom. The maximum atomic E-state index is 10.4. The number of aliphatic hydroxyl groups excluding tert-OH is 1. The molecule has 134 valence electrons. The van der Waals surface area contributed by atoms with E-state index in [2.05, 4.69) is 15.0 Å². The average Bonchev–Trinajstić information content (AvgIpc) is 3.16. The normalized spacial score (nSPS) is 22.2. The Hall–Kier alpha value is -1.92. The summed E-state index contributed by atoms with van der Waals surface area (Å²) in [5.41, 5.74) is 1.19. The molecule has 1 aromatic carbocycles. The summed E-state index contributed by atoms with van der Waals surface area (Å²) in [6, 6.07) is 8.02. The lowest BCUT2D eigenvalue weighted by Gasteiger charge is -2.24. The Labute approximate surface area is 147 Å². The van der Waals surface area contributed by atoms with Crippen molar-refractivity contribution in [2.24, 2.45) is 0 Å². The average molecular weight is 343 g/mol. The fraction of sp³-hybridized carbons (Fsp3) is 0.579. The zero-order valence-corrected chi connectivity index (χ0v) is 14.6. The number of likely N-dealkylation sites (tertiary alicyclic amines) is 1.